The highest BCUT2D eigenvalue weighted by Crippen LogP contribution is 2.35. The largest absolute Gasteiger partial charge is 0.477 e. The fraction of sp³-hybridized carbons (Fsp3) is 0.364. The average molecular weight is 306 g/mol. The third kappa shape index (κ3) is 2.67. The summed E-state index contributed by atoms with van der Waals surface area (Å²) in [6.45, 7) is 3.29. The van der Waals surface area contributed by atoms with Crippen molar-refractivity contribution in [2.24, 2.45) is 0 Å². The van der Waals surface area contributed by atoms with E-state index in [1.165, 1.54) is 0 Å². The lowest BCUT2D eigenvalue weighted by Gasteiger charge is -2.02. The van der Waals surface area contributed by atoms with Gasteiger partial charge in [0.1, 0.15) is 10.6 Å². The molecule has 1 N–H and O–H groups in total. The predicted molar refractivity (Wildman–Crippen MR) is 62.9 cm³/mol. The van der Waals surface area contributed by atoms with E-state index in [-0.39, 0.29) is 11.4 Å². The van der Waals surface area contributed by atoms with Crippen LogP contribution in [0.5, 0.6) is 0 Å². The van der Waals surface area contributed by atoms with Crippen molar-refractivity contribution in [3.05, 3.63) is 32.6 Å². The summed E-state index contributed by atoms with van der Waals surface area (Å²) in [6.07, 6.45) is -4.73. The third-order valence-electron chi connectivity index (χ3n) is 2.64. The van der Waals surface area contributed by atoms with Crippen LogP contribution in [0, 0.1) is 13.8 Å². The molecule has 0 spiro atoms. The molecule has 0 aliphatic rings. The van der Waals surface area contributed by atoms with Gasteiger partial charge < -0.3 is 9.63 Å². The van der Waals surface area contributed by atoms with E-state index >= 15 is 0 Å². The molecule has 2 aromatic rings. The Kier molecular flexibility index (Phi) is 3.55. The van der Waals surface area contributed by atoms with Gasteiger partial charge in [-0.15, -0.1) is 11.3 Å². The minimum Gasteiger partial charge on any atom is -0.477 e. The van der Waals surface area contributed by atoms with E-state index in [1.54, 1.807) is 13.8 Å². The number of carboxylic acid groups (broad SMARTS) is 1. The van der Waals surface area contributed by atoms with Crippen LogP contribution in [0.25, 0.3) is 0 Å². The molecule has 0 aliphatic carbocycles. The van der Waals surface area contributed by atoms with Crippen molar-refractivity contribution in [1.82, 2.24) is 10.1 Å². The zero-order valence-electron chi connectivity index (χ0n) is 10.4. The van der Waals surface area contributed by atoms with Crippen LogP contribution in [0.1, 0.15) is 37.4 Å². The zero-order chi connectivity index (χ0) is 15.1. The first-order valence-electron chi connectivity index (χ1n) is 5.42. The Morgan fingerprint density at radius 1 is 1.40 bits per heavy atom. The van der Waals surface area contributed by atoms with E-state index in [4.69, 9.17) is 9.63 Å². The smallest absolute Gasteiger partial charge is 0.435 e. The van der Waals surface area contributed by atoms with Crippen molar-refractivity contribution >= 4 is 17.3 Å². The molecule has 0 saturated heterocycles. The summed E-state index contributed by atoms with van der Waals surface area (Å²) in [4.78, 5) is 13.5. The molecule has 2 heterocycles. The van der Waals surface area contributed by atoms with Crippen LogP contribution in [-0.4, -0.2) is 21.2 Å². The second-order valence-corrected chi connectivity index (χ2v) is 5.15. The van der Waals surface area contributed by atoms with Gasteiger partial charge in [0, 0.05) is 12.0 Å². The first-order valence-corrected chi connectivity index (χ1v) is 6.23. The second kappa shape index (κ2) is 4.89. The van der Waals surface area contributed by atoms with Gasteiger partial charge in [-0.05, 0) is 13.8 Å². The molecular formula is C11H9F3N2O3S. The molecule has 0 unspecified atom stereocenters. The first-order chi connectivity index (χ1) is 9.20. The van der Waals surface area contributed by atoms with Crippen LogP contribution in [-0.2, 0) is 12.6 Å². The Morgan fingerprint density at radius 2 is 2.05 bits per heavy atom. The maximum absolute atomic E-state index is 12.7. The van der Waals surface area contributed by atoms with Crippen molar-refractivity contribution in [1.29, 1.82) is 0 Å². The number of halogens is 3. The third-order valence-corrected chi connectivity index (χ3v) is 3.69. The van der Waals surface area contributed by atoms with E-state index in [2.05, 4.69) is 10.1 Å². The molecule has 0 bridgehead atoms. The van der Waals surface area contributed by atoms with Crippen LogP contribution < -0.4 is 0 Å². The zero-order valence-corrected chi connectivity index (χ0v) is 11.2. The van der Waals surface area contributed by atoms with Crippen LogP contribution >= 0.6 is 11.3 Å². The molecular weight excluding hydrogens is 297 g/mol. The van der Waals surface area contributed by atoms with Crippen molar-refractivity contribution < 1.29 is 27.6 Å². The quantitative estimate of drug-likeness (QED) is 0.943. The standard InChI is InChI=1S/C11H9F3N2O3S/c1-4-6(5(2)19-16-4)3-7-15-9(11(12,13)14)8(20-7)10(17)18/h3H2,1-2H3,(H,17,18). The highest BCUT2D eigenvalue weighted by molar-refractivity contribution is 7.13. The van der Waals surface area contributed by atoms with Gasteiger partial charge in [-0.25, -0.2) is 9.78 Å². The van der Waals surface area contributed by atoms with E-state index in [0.29, 0.717) is 28.4 Å². The number of nitrogens with zero attached hydrogens (tertiary/aromatic N) is 2. The molecule has 5 nitrogen and oxygen atoms in total. The van der Waals surface area contributed by atoms with Gasteiger partial charge in [-0.2, -0.15) is 13.2 Å². The Hall–Kier alpha value is -1.90. The fourth-order valence-corrected chi connectivity index (χ4v) is 2.62. The summed E-state index contributed by atoms with van der Waals surface area (Å²) in [5.74, 6) is -1.16. The summed E-state index contributed by atoms with van der Waals surface area (Å²) >= 11 is 0.510. The van der Waals surface area contributed by atoms with Crippen LogP contribution in [0.4, 0.5) is 13.2 Å². The van der Waals surface area contributed by atoms with Crippen molar-refractivity contribution in [3.8, 4) is 0 Å². The number of thiazole rings is 1. The Balaban J connectivity index is 2.42. The minimum absolute atomic E-state index is 0.0577. The van der Waals surface area contributed by atoms with E-state index in [0.717, 1.165) is 0 Å². The van der Waals surface area contributed by atoms with Crippen molar-refractivity contribution in [3.63, 3.8) is 0 Å². The molecule has 0 radical (unpaired) electrons. The van der Waals surface area contributed by atoms with Crippen molar-refractivity contribution in [2.45, 2.75) is 26.4 Å². The predicted octanol–water partition coefficient (Wildman–Crippen LogP) is 3.06. The Morgan fingerprint density at radius 3 is 2.45 bits per heavy atom. The van der Waals surface area contributed by atoms with Crippen LogP contribution in [0.15, 0.2) is 4.52 Å². The molecule has 2 aromatic heterocycles. The van der Waals surface area contributed by atoms with Crippen molar-refractivity contribution in [2.75, 3.05) is 0 Å². The van der Waals surface area contributed by atoms with Gasteiger partial charge >= 0.3 is 12.1 Å². The number of rotatable bonds is 3. The normalized spacial score (nSPS) is 11.8. The average Bonchev–Trinajstić information content (AvgIpc) is 2.87. The number of aromatic nitrogens is 2. The Bertz CT molecular complexity index is 641. The first kappa shape index (κ1) is 14.5. The molecule has 20 heavy (non-hydrogen) atoms. The number of aromatic carboxylic acids is 1. The number of alkyl halides is 3. The number of hydrogen-bond donors (Lipinski definition) is 1. The topological polar surface area (TPSA) is 76.2 Å². The molecule has 0 atom stereocenters. The maximum atomic E-state index is 12.7. The lowest BCUT2D eigenvalue weighted by Crippen LogP contribution is -2.11. The highest BCUT2D eigenvalue weighted by Gasteiger charge is 2.39. The Labute approximate surface area is 115 Å². The van der Waals surface area contributed by atoms with E-state index in [1.807, 2.05) is 0 Å². The van der Waals surface area contributed by atoms with E-state index < -0.39 is 22.7 Å². The van der Waals surface area contributed by atoms with Gasteiger partial charge in [0.25, 0.3) is 0 Å². The molecule has 0 amide bonds. The summed E-state index contributed by atoms with van der Waals surface area (Å²) < 4.78 is 43.0. The minimum atomic E-state index is -4.79. The highest BCUT2D eigenvalue weighted by atomic mass is 32.1. The summed E-state index contributed by atoms with van der Waals surface area (Å²) in [5, 5.41) is 12.6. The van der Waals surface area contributed by atoms with Gasteiger partial charge in [0.15, 0.2) is 5.69 Å². The summed E-state index contributed by atoms with van der Waals surface area (Å²) in [5.41, 5.74) is -0.204. The summed E-state index contributed by atoms with van der Waals surface area (Å²) in [6, 6.07) is 0. The van der Waals surface area contributed by atoms with Gasteiger partial charge in [0.2, 0.25) is 0 Å². The molecule has 0 saturated carbocycles. The fourth-order valence-electron chi connectivity index (χ4n) is 1.68. The monoisotopic (exact) mass is 306 g/mol. The molecule has 0 aromatic carbocycles. The lowest BCUT2D eigenvalue weighted by molar-refractivity contribution is -0.141. The number of carboxylic acids is 1. The number of aryl methyl sites for hydroxylation is 2. The van der Waals surface area contributed by atoms with Gasteiger partial charge in [0.05, 0.1) is 10.7 Å². The molecule has 9 heteroatoms. The van der Waals surface area contributed by atoms with Gasteiger partial charge in [-0.3, -0.25) is 0 Å². The second-order valence-electron chi connectivity index (χ2n) is 4.07. The number of hydrogen-bond acceptors (Lipinski definition) is 5. The van der Waals surface area contributed by atoms with Crippen LogP contribution in [0.2, 0.25) is 0 Å². The number of carbonyl (C=O) groups is 1. The van der Waals surface area contributed by atoms with Gasteiger partial charge in [-0.1, -0.05) is 5.16 Å². The lowest BCUT2D eigenvalue weighted by atomic mass is 10.1. The molecule has 108 valence electrons. The SMILES string of the molecule is Cc1noc(C)c1Cc1nc(C(F)(F)F)c(C(=O)O)s1. The summed E-state index contributed by atoms with van der Waals surface area (Å²) in [7, 11) is 0. The van der Waals surface area contributed by atoms with Crippen LogP contribution in [0.3, 0.4) is 0 Å². The molecule has 0 fully saturated rings. The molecule has 0 aliphatic heterocycles. The maximum Gasteiger partial charge on any atom is 0.435 e. The van der Waals surface area contributed by atoms with E-state index in [9.17, 15) is 18.0 Å². The molecule has 2 rings (SSSR count).